The zero-order chi connectivity index (χ0) is 21.1. The molecule has 4 rings (SSSR count). The van der Waals surface area contributed by atoms with Crippen LogP contribution in [0.5, 0.6) is 0 Å². The number of nitrogens with one attached hydrogen (secondary N) is 1. The molecule has 0 unspecified atom stereocenters. The van der Waals surface area contributed by atoms with E-state index in [4.69, 9.17) is 16.3 Å². The van der Waals surface area contributed by atoms with Gasteiger partial charge in [-0.2, -0.15) is 4.31 Å². The highest BCUT2D eigenvalue weighted by Crippen LogP contribution is 2.25. The van der Waals surface area contributed by atoms with E-state index in [9.17, 15) is 13.2 Å². The van der Waals surface area contributed by atoms with Crippen molar-refractivity contribution in [2.75, 3.05) is 31.6 Å². The number of halogens is 1. The van der Waals surface area contributed by atoms with E-state index in [2.05, 4.69) is 5.32 Å². The van der Waals surface area contributed by atoms with Gasteiger partial charge in [0.15, 0.2) is 0 Å². The number of morpholine rings is 1. The average Bonchev–Trinajstić information content (AvgIpc) is 3.30. The Morgan fingerprint density at radius 2 is 1.67 bits per heavy atom. The first-order valence-corrected chi connectivity index (χ1v) is 11.2. The molecule has 0 atom stereocenters. The summed E-state index contributed by atoms with van der Waals surface area (Å²) in [6, 6.07) is 14.9. The van der Waals surface area contributed by atoms with Gasteiger partial charge in [0.25, 0.3) is 5.91 Å². The Morgan fingerprint density at radius 1 is 1.00 bits per heavy atom. The molecule has 1 amide bonds. The Morgan fingerprint density at radius 3 is 2.33 bits per heavy atom. The molecule has 1 aliphatic rings. The third-order valence-electron chi connectivity index (χ3n) is 4.81. The molecule has 1 fully saturated rings. The number of aromatic nitrogens is 1. The lowest BCUT2D eigenvalue weighted by atomic mass is 10.2. The standard InChI is InChI=1S/C21H20ClN3O4S/c22-17-5-8-19(20(15-17)24-9-1-2-10-24)23-21(26)16-3-6-18(7-4-16)30(27,28)25-11-13-29-14-12-25/h1-10,15H,11-14H2,(H,23,26). The van der Waals surface area contributed by atoms with Crippen molar-refractivity contribution in [2.24, 2.45) is 0 Å². The fourth-order valence-corrected chi connectivity index (χ4v) is 4.80. The number of carbonyl (C=O) groups is 1. The molecule has 0 radical (unpaired) electrons. The number of carbonyl (C=O) groups excluding carboxylic acids is 1. The van der Waals surface area contributed by atoms with Crippen LogP contribution in [-0.2, 0) is 14.8 Å². The van der Waals surface area contributed by atoms with Crippen LogP contribution in [-0.4, -0.2) is 49.5 Å². The van der Waals surface area contributed by atoms with Crippen LogP contribution in [0.3, 0.4) is 0 Å². The Labute approximate surface area is 179 Å². The first-order valence-electron chi connectivity index (χ1n) is 9.37. The lowest BCUT2D eigenvalue weighted by molar-refractivity contribution is 0.0730. The Hall–Kier alpha value is -2.65. The molecular formula is C21H20ClN3O4S. The lowest BCUT2D eigenvalue weighted by Gasteiger charge is -2.26. The van der Waals surface area contributed by atoms with Gasteiger partial charge >= 0.3 is 0 Å². The Balaban J connectivity index is 1.54. The van der Waals surface area contributed by atoms with Gasteiger partial charge < -0.3 is 14.6 Å². The van der Waals surface area contributed by atoms with E-state index < -0.39 is 10.0 Å². The molecule has 2 aromatic carbocycles. The van der Waals surface area contributed by atoms with Crippen molar-refractivity contribution < 1.29 is 17.9 Å². The molecule has 156 valence electrons. The number of hydrogen-bond donors (Lipinski definition) is 1. The van der Waals surface area contributed by atoms with E-state index in [0.717, 1.165) is 5.69 Å². The van der Waals surface area contributed by atoms with Crippen molar-refractivity contribution >= 4 is 33.2 Å². The highest BCUT2D eigenvalue weighted by Gasteiger charge is 2.26. The van der Waals surface area contributed by atoms with Crippen LogP contribution in [0.25, 0.3) is 5.69 Å². The second-order valence-electron chi connectivity index (χ2n) is 6.75. The van der Waals surface area contributed by atoms with Gasteiger partial charge in [-0.1, -0.05) is 11.6 Å². The minimum absolute atomic E-state index is 0.153. The van der Waals surface area contributed by atoms with E-state index in [1.165, 1.54) is 28.6 Å². The molecule has 1 N–H and O–H groups in total. The maximum absolute atomic E-state index is 12.8. The van der Waals surface area contributed by atoms with Gasteiger partial charge in [-0.15, -0.1) is 0 Å². The minimum atomic E-state index is -3.60. The SMILES string of the molecule is O=C(Nc1ccc(Cl)cc1-n1cccc1)c1ccc(S(=O)(=O)N2CCOCC2)cc1. The number of hydrogen-bond acceptors (Lipinski definition) is 4. The number of rotatable bonds is 5. The van der Waals surface area contributed by atoms with Gasteiger partial charge in [-0.25, -0.2) is 8.42 Å². The van der Waals surface area contributed by atoms with Crippen molar-refractivity contribution in [3.63, 3.8) is 0 Å². The quantitative estimate of drug-likeness (QED) is 0.652. The molecule has 3 aromatic rings. The Bertz CT molecular complexity index is 1140. The number of ether oxygens (including phenoxy) is 1. The summed E-state index contributed by atoms with van der Waals surface area (Å²) in [5.74, 6) is -0.346. The molecular weight excluding hydrogens is 426 g/mol. The van der Waals surface area contributed by atoms with Gasteiger partial charge in [-0.05, 0) is 54.6 Å². The van der Waals surface area contributed by atoms with Crippen LogP contribution in [0.4, 0.5) is 5.69 Å². The summed E-state index contributed by atoms with van der Waals surface area (Å²) >= 11 is 6.12. The molecule has 0 bridgehead atoms. The van der Waals surface area contributed by atoms with Crippen molar-refractivity contribution in [1.29, 1.82) is 0 Å². The van der Waals surface area contributed by atoms with Crippen molar-refractivity contribution in [3.05, 3.63) is 77.6 Å². The summed E-state index contributed by atoms with van der Waals surface area (Å²) in [5.41, 5.74) is 1.67. The zero-order valence-corrected chi connectivity index (χ0v) is 17.6. The summed E-state index contributed by atoms with van der Waals surface area (Å²) in [6.07, 6.45) is 3.71. The second kappa shape index (κ2) is 8.61. The van der Waals surface area contributed by atoms with Gasteiger partial charge in [0.1, 0.15) is 0 Å². The normalized spacial score (nSPS) is 15.1. The van der Waals surface area contributed by atoms with Crippen molar-refractivity contribution in [1.82, 2.24) is 8.87 Å². The number of nitrogens with zero attached hydrogens (tertiary/aromatic N) is 2. The number of benzene rings is 2. The van der Waals surface area contributed by atoms with Crippen LogP contribution in [0.15, 0.2) is 71.9 Å². The summed E-state index contributed by atoms with van der Waals surface area (Å²) in [5, 5.41) is 3.42. The predicted molar refractivity (Wildman–Crippen MR) is 115 cm³/mol. The Kier molecular flexibility index (Phi) is 5.92. The molecule has 7 nitrogen and oxygen atoms in total. The topological polar surface area (TPSA) is 80.6 Å². The fourth-order valence-electron chi connectivity index (χ4n) is 3.23. The third-order valence-corrected chi connectivity index (χ3v) is 6.96. The van der Waals surface area contributed by atoms with E-state index >= 15 is 0 Å². The highest BCUT2D eigenvalue weighted by atomic mass is 35.5. The molecule has 0 aliphatic carbocycles. The minimum Gasteiger partial charge on any atom is -0.379 e. The first-order chi connectivity index (χ1) is 14.4. The number of anilines is 1. The predicted octanol–water partition coefficient (Wildman–Crippen LogP) is 3.40. The molecule has 9 heteroatoms. The molecule has 0 saturated carbocycles. The smallest absolute Gasteiger partial charge is 0.255 e. The van der Waals surface area contributed by atoms with E-state index in [1.807, 2.05) is 29.1 Å². The largest absolute Gasteiger partial charge is 0.379 e. The fraction of sp³-hybridized carbons (Fsp3) is 0.190. The zero-order valence-electron chi connectivity index (χ0n) is 16.0. The van der Waals surface area contributed by atoms with Crippen molar-refractivity contribution in [3.8, 4) is 5.69 Å². The molecule has 2 heterocycles. The van der Waals surface area contributed by atoms with Gasteiger partial charge in [0, 0.05) is 36.1 Å². The second-order valence-corrected chi connectivity index (χ2v) is 9.12. The maximum atomic E-state index is 12.8. The average molecular weight is 446 g/mol. The van der Waals surface area contributed by atoms with Gasteiger partial charge in [0.05, 0.1) is 29.5 Å². The van der Waals surface area contributed by atoms with Crippen LogP contribution in [0, 0.1) is 0 Å². The third kappa shape index (κ3) is 4.27. The van der Waals surface area contributed by atoms with E-state index in [-0.39, 0.29) is 10.8 Å². The molecule has 1 saturated heterocycles. The van der Waals surface area contributed by atoms with Crippen LogP contribution >= 0.6 is 11.6 Å². The van der Waals surface area contributed by atoms with E-state index in [1.54, 1.807) is 18.2 Å². The highest BCUT2D eigenvalue weighted by molar-refractivity contribution is 7.89. The summed E-state index contributed by atoms with van der Waals surface area (Å²) < 4.78 is 33.9. The molecule has 30 heavy (non-hydrogen) atoms. The van der Waals surface area contributed by atoms with E-state index in [0.29, 0.717) is 42.6 Å². The van der Waals surface area contributed by atoms with Crippen molar-refractivity contribution in [2.45, 2.75) is 4.90 Å². The van der Waals surface area contributed by atoms with Gasteiger partial charge in [0.2, 0.25) is 10.0 Å². The maximum Gasteiger partial charge on any atom is 0.255 e. The summed E-state index contributed by atoms with van der Waals surface area (Å²) in [4.78, 5) is 12.9. The van der Waals surface area contributed by atoms with Gasteiger partial charge in [-0.3, -0.25) is 4.79 Å². The summed E-state index contributed by atoms with van der Waals surface area (Å²) in [6.45, 7) is 1.40. The molecule has 1 aliphatic heterocycles. The monoisotopic (exact) mass is 445 g/mol. The van der Waals surface area contributed by atoms with Crippen LogP contribution in [0.1, 0.15) is 10.4 Å². The first kappa shape index (κ1) is 20.6. The van der Waals surface area contributed by atoms with Crippen LogP contribution < -0.4 is 5.32 Å². The number of sulfonamides is 1. The molecule has 0 spiro atoms. The lowest BCUT2D eigenvalue weighted by Crippen LogP contribution is -2.40. The summed E-state index contributed by atoms with van der Waals surface area (Å²) in [7, 11) is -3.60. The van der Waals surface area contributed by atoms with Crippen LogP contribution in [0.2, 0.25) is 5.02 Å². The molecule has 1 aromatic heterocycles. The number of amides is 1.